The molecule has 0 aromatic rings. The van der Waals surface area contributed by atoms with E-state index >= 15 is 0 Å². The SMILES string of the molecule is CCOC(=O)C1(C(=O)OCC)CC[C@@H](OC)[C@H]2CCC=C1C2=O. The number of ketones is 1. The van der Waals surface area contributed by atoms with Gasteiger partial charge in [0.25, 0.3) is 0 Å². The van der Waals surface area contributed by atoms with Gasteiger partial charge in [-0.1, -0.05) is 6.08 Å². The minimum atomic E-state index is -1.66. The summed E-state index contributed by atoms with van der Waals surface area (Å²) in [5, 5.41) is 0. The van der Waals surface area contributed by atoms with Gasteiger partial charge in [-0.25, -0.2) is 0 Å². The van der Waals surface area contributed by atoms with Crippen molar-refractivity contribution in [2.45, 2.75) is 45.6 Å². The Morgan fingerprint density at radius 2 is 1.78 bits per heavy atom. The molecular formula is C17H24O6. The van der Waals surface area contributed by atoms with Gasteiger partial charge in [0.2, 0.25) is 0 Å². The van der Waals surface area contributed by atoms with Crippen LogP contribution in [0.3, 0.4) is 0 Å². The maximum atomic E-state index is 12.9. The number of ether oxygens (including phenoxy) is 3. The zero-order valence-electron chi connectivity index (χ0n) is 13.9. The lowest BCUT2D eigenvalue weighted by molar-refractivity contribution is -0.170. The van der Waals surface area contributed by atoms with E-state index in [0.717, 1.165) is 0 Å². The van der Waals surface area contributed by atoms with Crippen LogP contribution in [0.15, 0.2) is 11.6 Å². The first kappa shape index (κ1) is 17.7. The average molecular weight is 324 g/mol. The van der Waals surface area contributed by atoms with Gasteiger partial charge in [0.05, 0.1) is 19.3 Å². The molecule has 0 heterocycles. The van der Waals surface area contributed by atoms with Crippen LogP contribution < -0.4 is 0 Å². The second kappa shape index (κ2) is 7.25. The van der Waals surface area contributed by atoms with Crippen molar-refractivity contribution in [3.8, 4) is 0 Å². The fraction of sp³-hybridized carbons (Fsp3) is 0.706. The minimum absolute atomic E-state index is 0.137. The Morgan fingerprint density at radius 1 is 1.17 bits per heavy atom. The Bertz CT molecular complexity index is 503. The maximum Gasteiger partial charge on any atom is 0.328 e. The number of rotatable bonds is 5. The predicted octanol–water partition coefficient (Wildman–Crippen LogP) is 1.81. The van der Waals surface area contributed by atoms with Gasteiger partial charge in [0, 0.05) is 18.6 Å². The molecule has 23 heavy (non-hydrogen) atoms. The zero-order chi connectivity index (χ0) is 17.0. The lowest BCUT2D eigenvalue weighted by atomic mass is 9.72. The van der Waals surface area contributed by atoms with Crippen molar-refractivity contribution in [2.75, 3.05) is 20.3 Å². The number of hydrogen-bond acceptors (Lipinski definition) is 6. The van der Waals surface area contributed by atoms with Gasteiger partial charge in [-0.3, -0.25) is 14.4 Å². The quantitative estimate of drug-likeness (QED) is 0.567. The molecule has 6 heteroatoms. The molecule has 2 aliphatic carbocycles. The molecule has 0 N–H and O–H groups in total. The fourth-order valence-electron chi connectivity index (χ4n) is 3.57. The topological polar surface area (TPSA) is 78.9 Å². The molecule has 1 saturated carbocycles. The van der Waals surface area contributed by atoms with Crippen LogP contribution >= 0.6 is 0 Å². The van der Waals surface area contributed by atoms with E-state index in [0.29, 0.717) is 19.3 Å². The van der Waals surface area contributed by atoms with E-state index in [1.165, 1.54) is 0 Å². The van der Waals surface area contributed by atoms with Crippen LogP contribution in [0.4, 0.5) is 0 Å². The molecule has 0 aromatic carbocycles. The van der Waals surface area contributed by atoms with E-state index in [2.05, 4.69) is 0 Å². The Hall–Kier alpha value is -1.69. The maximum absolute atomic E-state index is 12.9. The molecule has 2 aliphatic rings. The molecule has 0 aromatic heterocycles. The number of methoxy groups -OCH3 is 1. The number of Topliss-reactive ketones (excluding diaryl/α,β-unsaturated/α-hetero) is 1. The first-order valence-corrected chi connectivity index (χ1v) is 8.15. The summed E-state index contributed by atoms with van der Waals surface area (Å²) in [4.78, 5) is 38.2. The molecule has 0 amide bonds. The summed E-state index contributed by atoms with van der Waals surface area (Å²) in [5.74, 6) is -1.90. The number of esters is 2. The molecule has 6 nitrogen and oxygen atoms in total. The first-order valence-electron chi connectivity index (χ1n) is 8.15. The van der Waals surface area contributed by atoms with E-state index in [-0.39, 0.29) is 43.0 Å². The third-order valence-corrected chi connectivity index (χ3v) is 4.69. The highest BCUT2D eigenvalue weighted by Crippen LogP contribution is 2.46. The first-order chi connectivity index (χ1) is 11.0. The zero-order valence-corrected chi connectivity index (χ0v) is 13.9. The summed E-state index contributed by atoms with van der Waals surface area (Å²) < 4.78 is 15.7. The molecular weight excluding hydrogens is 300 g/mol. The number of hydrogen-bond donors (Lipinski definition) is 0. The van der Waals surface area contributed by atoms with Gasteiger partial charge in [0.1, 0.15) is 0 Å². The lowest BCUT2D eigenvalue weighted by Gasteiger charge is -2.31. The molecule has 0 aliphatic heterocycles. The summed E-state index contributed by atoms with van der Waals surface area (Å²) in [7, 11) is 1.55. The van der Waals surface area contributed by atoms with Crippen LogP contribution in [0.25, 0.3) is 0 Å². The van der Waals surface area contributed by atoms with E-state index in [9.17, 15) is 14.4 Å². The van der Waals surface area contributed by atoms with Crippen molar-refractivity contribution in [2.24, 2.45) is 11.3 Å². The number of carbonyl (C=O) groups excluding carboxylic acids is 3. The van der Waals surface area contributed by atoms with Crippen LogP contribution in [0.1, 0.15) is 39.5 Å². The predicted molar refractivity (Wildman–Crippen MR) is 81.5 cm³/mol. The Morgan fingerprint density at radius 3 is 2.30 bits per heavy atom. The molecule has 0 spiro atoms. The number of fused-ring (bicyclic) bond motifs is 2. The number of carbonyl (C=O) groups is 3. The van der Waals surface area contributed by atoms with Gasteiger partial charge in [-0.15, -0.1) is 0 Å². The van der Waals surface area contributed by atoms with Gasteiger partial charge >= 0.3 is 11.9 Å². The van der Waals surface area contributed by atoms with E-state index in [1.54, 1.807) is 27.0 Å². The third kappa shape index (κ3) is 2.92. The Balaban J connectivity index is 2.54. The van der Waals surface area contributed by atoms with E-state index in [4.69, 9.17) is 14.2 Å². The standard InChI is InChI=1S/C17H24O6/c1-4-22-15(19)17(16(20)23-5-2)10-9-13(21-3)11-7-6-8-12(17)14(11)18/h8,11,13H,4-7,9-10H2,1-3H3/t11-,13-/m1/s1. The van der Waals surface area contributed by atoms with Crippen molar-refractivity contribution >= 4 is 17.7 Å². The smallest absolute Gasteiger partial charge is 0.328 e. The van der Waals surface area contributed by atoms with Gasteiger partial charge in [-0.2, -0.15) is 0 Å². The normalized spacial score (nSPS) is 26.0. The largest absolute Gasteiger partial charge is 0.465 e. The molecule has 2 bridgehead atoms. The van der Waals surface area contributed by atoms with E-state index < -0.39 is 17.4 Å². The van der Waals surface area contributed by atoms with Crippen LogP contribution in [-0.4, -0.2) is 44.1 Å². The van der Waals surface area contributed by atoms with E-state index in [1.807, 2.05) is 0 Å². The highest BCUT2D eigenvalue weighted by Gasteiger charge is 2.58. The minimum Gasteiger partial charge on any atom is -0.465 e. The van der Waals surface area contributed by atoms with Gasteiger partial charge in [0.15, 0.2) is 11.2 Å². The third-order valence-electron chi connectivity index (χ3n) is 4.69. The molecule has 128 valence electrons. The van der Waals surface area contributed by atoms with Crippen LogP contribution in [0, 0.1) is 11.3 Å². The summed E-state index contributed by atoms with van der Waals surface area (Å²) >= 11 is 0. The van der Waals surface area contributed by atoms with Crippen molar-refractivity contribution in [1.82, 2.24) is 0 Å². The van der Waals surface area contributed by atoms with Crippen LogP contribution in [-0.2, 0) is 28.6 Å². The summed E-state index contributed by atoms with van der Waals surface area (Å²) in [6.07, 6.45) is 3.30. The second-order valence-corrected chi connectivity index (χ2v) is 5.82. The van der Waals surface area contributed by atoms with Gasteiger partial charge < -0.3 is 14.2 Å². The summed E-state index contributed by atoms with van der Waals surface area (Å²) in [5.41, 5.74) is -1.43. The monoisotopic (exact) mass is 324 g/mol. The molecule has 1 fully saturated rings. The molecule has 0 unspecified atom stereocenters. The molecule has 2 atom stereocenters. The fourth-order valence-corrected chi connectivity index (χ4v) is 3.57. The molecule has 0 radical (unpaired) electrons. The van der Waals surface area contributed by atoms with Crippen molar-refractivity contribution in [3.63, 3.8) is 0 Å². The highest BCUT2D eigenvalue weighted by atomic mass is 16.6. The van der Waals surface area contributed by atoms with Crippen molar-refractivity contribution in [1.29, 1.82) is 0 Å². The number of allylic oxidation sites excluding steroid dienone is 1. The van der Waals surface area contributed by atoms with Crippen molar-refractivity contribution < 1.29 is 28.6 Å². The van der Waals surface area contributed by atoms with Crippen LogP contribution in [0.2, 0.25) is 0 Å². The van der Waals surface area contributed by atoms with Crippen LogP contribution in [0.5, 0.6) is 0 Å². The molecule has 0 saturated heterocycles. The lowest BCUT2D eigenvalue weighted by Crippen LogP contribution is -2.46. The summed E-state index contributed by atoms with van der Waals surface area (Å²) in [6.45, 7) is 3.62. The average Bonchev–Trinajstić information content (AvgIpc) is 2.59. The van der Waals surface area contributed by atoms with Gasteiger partial charge in [-0.05, 0) is 39.5 Å². The summed E-state index contributed by atoms with van der Waals surface area (Å²) in [6, 6.07) is 0. The Labute approximate surface area is 136 Å². The second-order valence-electron chi connectivity index (χ2n) is 5.82. The van der Waals surface area contributed by atoms with Crippen molar-refractivity contribution in [3.05, 3.63) is 11.6 Å². The molecule has 2 rings (SSSR count). The Kier molecular flexibility index (Phi) is 5.57. The highest BCUT2D eigenvalue weighted by molar-refractivity contribution is 6.15.